The Balaban J connectivity index is 1.85. The molecule has 6 nitrogen and oxygen atoms in total. The van der Waals surface area contributed by atoms with Gasteiger partial charge in [-0.2, -0.15) is 0 Å². The van der Waals surface area contributed by atoms with Crippen LogP contribution in [0.5, 0.6) is 0 Å². The molecule has 2 aliphatic heterocycles. The fourth-order valence-electron chi connectivity index (χ4n) is 5.30. The maximum atomic E-state index is 13.7. The van der Waals surface area contributed by atoms with Crippen molar-refractivity contribution in [2.45, 2.75) is 45.2 Å². The molecule has 2 N–H and O–H groups in total. The van der Waals surface area contributed by atoms with Crippen LogP contribution in [0, 0.1) is 25.7 Å². The summed E-state index contributed by atoms with van der Waals surface area (Å²) < 4.78 is 5.19. The van der Waals surface area contributed by atoms with Crippen LogP contribution in [0.25, 0.3) is 0 Å². The molecule has 4 rings (SSSR count). The highest BCUT2D eigenvalue weighted by Crippen LogP contribution is 2.47. The van der Waals surface area contributed by atoms with Crippen LogP contribution in [-0.4, -0.2) is 30.4 Å². The zero-order valence-electron chi connectivity index (χ0n) is 18.4. The normalized spacial score (nSPS) is 27.5. The summed E-state index contributed by atoms with van der Waals surface area (Å²) in [4.78, 5) is 41.7. The summed E-state index contributed by atoms with van der Waals surface area (Å²) in [5, 5.41) is 1.92. The second-order valence-electron chi connectivity index (χ2n) is 8.74. The van der Waals surface area contributed by atoms with Crippen molar-refractivity contribution < 1.29 is 24.4 Å². The van der Waals surface area contributed by atoms with Crippen molar-refractivity contribution in [2.24, 2.45) is 11.8 Å². The number of hydrogen-bond acceptors (Lipinski definition) is 4. The second kappa shape index (κ2) is 7.93. The lowest BCUT2D eigenvalue weighted by atomic mass is 9.77. The van der Waals surface area contributed by atoms with E-state index in [0.29, 0.717) is 18.5 Å². The lowest BCUT2D eigenvalue weighted by molar-refractivity contribution is -0.734. The number of esters is 1. The number of nitrogens with two attached hydrogens (primary N) is 1. The number of ether oxygens (including phenoxy) is 1. The monoisotopic (exact) mass is 421 g/mol. The first-order valence-electron chi connectivity index (χ1n) is 10.8. The third kappa shape index (κ3) is 3.26. The van der Waals surface area contributed by atoms with Crippen LogP contribution in [0.4, 0.5) is 5.69 Å². The molecule has 0 unspecified atom stereocenters. The van der Waals surface area contributed by atoms with Gasteiger partial charge in [-0.25, -0.2) is 9.69 Å². The molecule has 2 amide bonds. The van der Waals surface area contributed by atoms with Gasteiger partial charge in [0.05, 0.1) is 12.8 Å². The van der Waals surface area contributed by atoms with Crippen LogP contribution in [0.1, 0.15) is 42.5 Å². The number of hydrogen-bond donors (Lipinski definition) is 1. The summed E-state index contributed by atoms with van der Waals surface area (Å²) in [6.07, 6.45) is 1.16. The molecule has 6 heteroatoms. The first-order chi connectivity index (χ1) is 14.8. The van der Waals surface area contributed by atoms with Gasteiger partial charge < -0.3 is 10.1 Å². The number of rotatable bonds is 5. The van der Waals surface area contributed by atoms with Gasteiger partial charge in [0.1, 0.15) is 17.9 Å². The van der Waals surface area contributed by atoms with Gasteiger partial charge in [0, 0.05) is 12.0 Å². The van der Waals surface area contributed by atoms with Crippen LogP contribution in [0.15, 0.2) is 48.5 Å². The summed E-state index contributed by atoms with van der Waals surface area (Å²) >= 11 is 0. The summed E-state index contributed by atoms with van der Waals surface area (Å²) in [5.41, 5.74) is 2.53. The van der Waals surface area contributed by atoms with E-state index in [1.165, 1.54) is 12.0 Å². The summed E-state index contributed by atoms with van der Waals surface area (Å²) in [5.74, 6) is -2.39. The van der Waals surface area contributed by atoms with Crippen LogP contribution in [-0.2, 0) is 19.1 Å². The fraction of sp³-hybridized carbons (Fsp3) is 0.400. The molecule has 0 aliphatic carbocycles. The largest absolute Gasteiger partial charge is 0.464 e. The Labute approximate surface area is 182 Å². The van der Waals surface area contributed by atoms with Gasteiger partial charge in [-0.15, -0.1) is 0 Å². The van der Waals surface area contributed by atoms with E-state index in [-0.39, 0.29) is 17.9 Å². The Morgan fingerprint density at radius 2 is 1.58 bits per heavy atom. The molecule has 0 saturated carbocycles. The first-order valence-corrected chi connectivity index (χ1v) is 10.8. The third-order valence-electron chi connectivity index (χ3n) is 6.75. The predicted octanol–water partition coefficient (Wildman–Crippen LogP) is 2.44. The van der Waals surface area contributed by atoms with Gasteiger partial charge in [0.2, 0.25) is 17.4 Å². The van der Waals surface area contributed by atoms with Crippen molar-refractivity contribution >= 4 is 23.5 Å². The topological polar surface area (TPSA) is 80.3 Å². The van der Waals surface area contributed by atoms with Crippen molar-refractivity contribution in [3.05, 3.63) is 65.2 Å². The Morgan fingerprint density at radius 3 is 2.13 bits per heavy atom. The molecular weight excluding hydrogens is 392 g/mol. The number of carbonyl (C=O) groups excluding carboxylic acids is 3. The highest BCUT2D eigenvalue weighted by atomic mass is 16.5. The number of methoxy groups -OCH3 is 1. The van der Waals surface area contributed by atoms with Gasteiger partial charge in [0.25, 0.3) is 0 Å². The molecule has 0 bridgehead atoms. The fourth-order valence-corrected chi connectivity index (χ4v) is 5.30. The number of fused-ring (bicyclic) bond motifs is 1. The maximum absolute atomic E-state index is 13.7. The SMILES string of the molecule is CCC[C@@]1(C(=O)OC)[NH2+][C@@H](c2ccc(C)cc2)[C@H]2C(=O)N(c3ccc(C)cc3)C(=O)[C@H]21. The molecule has 2 saturated heterocycles. The molecule has 0 aromatic heterocycles. The van der Waals surface area contributed by atoms with Crippen LogP contribution < -0.4 is 10.2 Å². The number of aryl methyl sites for hydroxylation is 2. The zero-order valence-corrected chi connectivity index (χ0v) is 18.4. The zero-order chi connectivity index (χ0) is 22.3. The Morgan fingerprint density at radius 1 is 1.00 bits per heavy atom. The van der Waals surface area contributed by atoms with Gasteiger partial charge in [-0.3, -0.25) is 9.59 Å². The molecule has 2 heterocycles. The van der Waals surface area contributed by atoms with Crippen molar-refractivity contribution in [1.82, 2.24) is 0 Å². The lowest BCUT2D eigenvalue weighted by Gasteiger charge is -2.29. The summed E-state index contributed by atoms with van der Waals surface area (Å²) in [7, 11) is 1.35. The van der Waals surface area contributed by atoms with Crippen LogP contribution in [0.2, 0.25) is 0 Å². The summed E-state index contributed by atoms with van der Waals surface area (Å²) in [6, 6.07) is 15.0. The van der Waals surface area contributed by atoms with E-state index in [4.69, 9.17) is 4.74 Å². The van der Waals surface area contributed by atoms with Crippen molar-refractivity contribution in [1.29, 1.82) is 0 Å². The maximum Gasteiger partial charge on any atom is 0.368 e. The van der Waals surface area contributed by atoms with Gasteiger partial charge in [0.15, 0.2) is 0 Å². The number of anilines is 1. The predicted molar refractivity (Wildman–Crippen MR) is 116 cm³/mol. The average Bonchev–Trinajstić information content (AvgIpc) is 3.24. The van der Waals surface area contributed by atoms with Gasteiger partial charge in [-0.05, 0) is 32.4 Å². The molecule has 2 fully saturated rings. The molecule has 4 atom stereocenters. The highest BCUT2D eigenvalue weighted by molar-refractivity contribution is 6.23. The standard InChI is InChI=1S/C25H28N2O4/c1-5-14-25(24(30)31-4)20-19(21(26-25)17-10-6-15(2)7-11-17)22(28)27(23(20)29)18-12-8-16(3)9-13-18/h6-13,19-21,26H,5,14H2,1-4H3/p+1/t19-,20-,21-,25+/m0/s1. The molecular formula is C25H29N2O4+. The number of benzene rings is 2. The molecule has 2 aliphatic rings. The molecule has 2 aromatic carbocycles. The highest BCUT2D eigenvalue weighted by Gasteiger charge is 2.72. The van der Waals surface area contributed by atoms with Crippen LogP contribution in [0.3, 0.4) is 0 Å². The Hall–Kier alpha value is -2.99. The summed E-state index contributed by atoms with van der Waals surface area (Å²) in [6.45, 7) is 5.94. The quantitative estimate of drug-likeness (QED) is 0.594. The number of carbonyl (C=O) groups is 3. The van der Waals surface area contributed by atoms with Crippen molar-refractivity contribution in [3.8, 4) is 0 Å². The van der Waals surface area contributed by atoms with E-state index in [9.17, 15) is 14.4 Å². The Bertz CT molecular complexity index is 1010. The number of nitrogens with zero attached hydrogens (tertiary/aromatic N) is 1. The van der Waals surface area contributed by atoms with Gasteiger partial charge in [-0.1, -0.05) is 54.4 Å². The van der Waals surface area contributed by atoms with Crippen molar-refractivity contribution in [2.75, 3.05) is 12.0 Å². The smallest absolute Gasteiger partial charge is 0.368 e. The molecule has 0 radical (unpaired) electrons. The number of amides is 2. The molecule has 0 spiro atoms. The molecule has 2 aromatic rings. The third-order valence-corrected chi connectivity index (χ3v) is 6.75. The van der Waals surface area contributed by atoms with E-state index in [2.05, 4.69) is 0 Å². The van der Waals surface area contributed by atoms with E-state index in [0.717, 1.165) is 16.7 Å². The minimum absolute atomic E-state index is 0.248. The van der Waals surface area contributed by atoms with Crippen LogP contribution >= 0.6 is 0 Å². The minimum atomic E-state index is -1.12. The second-order valence-corrected chi connectivity index (χ2v) is 8.74. The van der Waals surface area contributed by atoms with E-state index in [1.54, 1.807) is 12.1 Å². The molecule has 31 heavy (non-hydrogen) atoms. The van der Waals surface area contributed by atoms with E-state index < -0.39 is 23.3 Å². The molecule has 162 valence electrons. The first kappa shape index (κ1) is 21.2. The lowest BCUT2D eigenvalue weighted by Crippen LogP contribution is -2.98. The Kier molecular flexibility index (Phi) is 5.43. The van der Waals surface area contributed by atoms with E-state index in [1.807, 2.05) is 62.5 Å². The van der Waals surface area contributed by atoms with Gasteiger partial charge >= 0.3 is 5.97 Å². The van der Waals surface area contributed by atoms with Crippen molar-refractivity contribution in [3.63, 3.8) is 0 Å². The number of quaternary nitrogens is 1. The van der Waals surface area contributed by atoms with E-state index >= 15 is 0 Å². The number of imide groups is 1. The minimum Gasteiger partial charge on any atom is -0.464 e. The average molecular weight is 422 g/mol.